The molecule has 1 amide bonds. The second kappa shape index (κ2) is 6.93. The van der Waals surface area contributed by atoms with Crippen LogP contribution in [0.2, 0.25) is 0 Å². The van der Waals surface area contributed by atoms with Crippen molar-refractivity contribution in [2.75, 3.05) is 42.9 Å². The average molecular weight is 356 g/mol. The fourth-order valence-electron chi connectivity index (χ4n) is 3.24. The van der Waals surface area contributed by atoms with Gasteiger partial charge in [0.05, 0.1) is 0 Å². The quantitative estimate of drug-likeness (QED) is 0.877. The highest BCUT2D eigenvalue weighted by molar-refractivity contribution is 5.92. The fraction of sp³-hybridized carbons (Fsp3) is 0.556. The molecule has 0 unspecified atom stereocenters. The van der Waals surface area contributed by atoms with Crippen LogP contribution in [0.15, 0.2) is 16.7 Å². The second-order valence-electron chi connectivity index (χ2n) is 6.86. The molecule has 0 bridgehead atoms. The van der Waals surface area contributed by atoms with Gasteiger partial charge in [0.1, 0.15) is 23.2 Å². The largest absolute Gasteiger partial charge is 0.370 e. The van der Waals surface area contributed by atoms with Crippen molar-refractivity contribution in [3.05, 3.63) is 29.4 Å². The van der Waals surface area contributed by atoms with Crippen LogP contribution in [0.25, 0.3) is 0 Å². The van der Waals surface area contributed by atoms with Crippen molar-refractivity contribution >= 4 is 17.5 Å². The minimum atomic E-state index is -0.0486. The zero-order valence-electron chi connectivity index (χ0n) is 15.2. The van der Waals surface area contributed by atoms with Crippen LogP contribution < -0.4 is 10.2 Å². The second-order valence-corrected chi connectivity index (χ2v) is 6.86. The van der Waals surface area contributed by atoms with Gasteiger partial charge in [-0.2, -0.15) is 0 Å². The molecule has 2 fully saturated rings. The molecule has 1 aliphatic carbocycles. The maximum atomic E-state index is 12.6. The van der Waals surface area contributed by atoms with E-state index in [9.17, 15) is 4.79 Å². The van der Waals surface area contributed by atoms with E-state index in [1.165, 1.54) is 0 Å². The number of hydrogen-bond donors (Lipinski definition) is 1. The molecule has 1 N–H and O–H groups in total. The lowest BCUT2D eigenvalue weighted by Gasteiger charge is -2.35. The van der Waals surface area contributed by atoms with E-state index in [2.05, 4.69) is 25.3 Å². The number of piperazine rings is 1. The van der Waals surface area contributed by atoms with E-state index >= 15 is 0 Å². The minimum Gasteiger partial charge on any atom is -0.370 e. The zero-order chi connectivity index (χ0) is 18.1. The molecule has 26 heavy (non-hydrogen) atoms. The van der Waals surface area contributed by atoms with Crippen LogP contribution in [-0.4, -0.2) is 58.7 Å². The summed E-state index contributed by atoms with van der Waals surface area (Å²) in [6, 6.07) is 3.77. The Hall–Kier alpha value is -2.64. The highest BCUT2D eigenvalue weighted by Crippen LogP contribution is 2.40. The molecule has 0 atom stereocenters. The molecule has 4 rings (SSSR count). The summed E-state index contributed by atoms with van der Waals surface area (Å²) in [7, 11) is 0. The third-order valence-corrected chi connectivity index (χ3v) is 4.80. The first-order valence-corrected chi connectivity index (χ1v) is 9.24. The Balaban J connectivity index is 1.39. The van der Waals surface area contributed by atoms with Crippen LogP contribution >= 0.6 is 0 Å². The average Bonchev–Trinajstić information content (AvgIpc) is 3.38. The molecule has 1 saturated heterocycles. The molecule has 0 aromatic carbocycles. The Labute approximate surface area is 152 Å². The van der Waals surface area contributed by atoms with Gasteiger partial charge in [-0.15, -0.1) is 0 Å². The monoisotopic (exact) mass is 356 g/mol. The molecule has 1 aliphatic heterocycles. The summed E-state index contributed by atoms with van der Waals surface area (Å²) in [5, 5.41) is 7.20. The number of carbonyl (C=O) groups is 1. The first kappa shape index (κ1) is 16.8. The maximum Gasteiger partial charge on any atom is 0.276 e. The van der Waals surface area contributed by atoms with E-state index in [0.717, 1.165) is 55.7 Å². The van der Waals surface area contributed by atoms with E-state index in [1.54, 1.807) is 0 Å². The lowest BCUT2D eigenvalue weighted by atomic mass is 10.2. The van der Waals surface area contributed by atoms with Crippen molar-refractivity contribution in [3.8, 4) is 0 Å². The number of amides is 1. The summed E-state index contributed by atoms with van der Waals surface area (Å²) >= 11 is 0. The summed E-state index contributed by atoms with van der Waals surface area (Å²) in [6.45, 7) is 7.52. The van der Waals surface area contributed by atoms with Gasteiger partial charge in [-0.1, -0.05) is 5.16 Å². The lowest BCUT2D eigenvalue weighted by molar-refractivity contribution is 0.0736. The Bertz CT molecular complexity index is 793. The Morgan fingerprint density at radius 2 is 2.00 bits per heavy atom. The molecule has 138 valence electrons. The summed E-state index contributed by atoms with van der Waals surface area (Å²) in [5.74, 6) is 3.74. The van der Waals surface area contributed by atoms with Gasteiger partial charge in [0.25, 0.3) is 5.91 Å². The van der Waals surface area contributed by atoms with Gasteiger partial charge in [0.15, 0.2) is 5.69 Å². The number of hydrogen-bond acceptors (Lipinski definition) is 7. The Morgan fingerprint density at radius 1 is 1.23 bits per heavy atom. The fourth-order valence-corrected chi connectivity index (χ4v) is 3.24. The molecule has 1 saturated carbocycles. The van der Waals surface area contributed by atoms with E-state index < -0.39 is 0 Å². The van der Waals surface area contributed by atoms with Gasteiger partial charge in [0.2, 0.25) is 0 Å². The number of nitrogens with zero attached hydrogens (tertiary/aromatic N) is 5. The highest BCUT2D eigenvalue weighted by atomic mass is 16.5. The van der Waals surface area contributed by atoms with Gasteiger partial charge in [-0.05, 0) is 26.7 Å². The topological polar surface area (TPSA) is 87.4 Å². The van der Waals surface area contributed by atoms with Crippen molar-refractivity contribution in [3.63, 3.8) is 0 Å². The smallest absolute Gasteiger partial charge is 0.276 e. The van der Waals surface area contributed by atoms with Crippen molar-refractivity contribution < 1.29 is 9.32 Å². The highest BCUT2D eigenvalue weighted by Gasteiger charge is 2.30. The number of aryl methyl sites for hydroxylation is 1. The van der Waals surface area contributed by atoms with Gasteiger partial charge in [-0.25, -0.2) is 9.97 Å². The van der Waals surface area contributed by atoms with E-state index in [0.29, 0.717) is 24.7 Å². The standard InChI is InChI=1S/C18H24N6O2/c1-3-19-16-11-17(21-12(2)20-16)23-6-8-24(9-7-23)18(25)14-10-15(26-22-14)13-4-5-13/h10-11,13H,3-9H2,1-2H3,(H,19,20,21). The molecule has 0 spiro atoms. The van der Waals surface area contributed by atoms with Crippen LogP contribution in [0.3, 0.4) is 0 Å². The first-order chi connectivity index (χ1) is 12.6. The van der Waals surface area contributed by atoms with Crippen LogP contribution in [0.4, 0.5) is 11.6 Å². The van der Waals surface area contributed by atoms with Gasteiger partial charge in [-0.3, -0.25) is 4.79 Å². The third-order valence-electron chi connectivity index (χ3n) is 4.80. The SMILES string of the molecule is CCNc1cc(N2CCN(C(=O)c3cc(C4CC4)on3)CC2)nc(C)n1. The van der Waals surface area contributed by atoms with Crippen LogP contribution in [0, 0.1) is 6.92 Å². The lowest BCUT2D eigenvalue weighted by Crippen LogP contribution is -2.49. The summed E-state index contributed by atoms with van der Waals surface area (Å²) in [4.78, 5) is 25.6. The Kier molecular flexibility index (Phi) is 4.48. The molecule has 8 nitrogen and oxygen atoms in total. The number of anilines is 2. The van der Waals surface area contributed by atoms with Crippen LogP contribution in [-0.2, 0) is 0 Å². The zero-order valence-corrected chi connectivity index (χ0v) is 15.2. The van der Waals surface area contributed by atoms with Crippen LogP contribution in [0.5, 0.6) is 0 Å². The summed E-state index contributed by atoms with van der Waals surface area (Å²) in [5.41, 5.74) is 0.424. The van der Waals surface area contributed by atoms with Gasteiger partial charge < -0.3 is 19.6 Å². The predicted molar refractivity (Wildman–Crippen MR) is 97.5 cm³/mol. The van der Waals surface area contributed by atoms with Crippen LogP contribution in [0.1, 0.15) is 47.8 Å². The summed E-state index contributed by atoms with van der Waals surface area (Å²) < 4.78 is 5.31. The minimum absolute atomic E-state index is 0.0486. The number of carbonyl (C=O) groups excluding carboxylic acids is 1. The van der Waals surface area contributed by atoms with E-state index in [-0.39, 0.29) is 5.91 Å². The molecular formula is C18H24N6O2. The molecule has 2 aromatic rings. The molecule has 2 aliphatic rings. The number of aromatic nitrogens is 3. The van der Waals surface area contributed by atoms with Crippen molar-refractivity contribution in [1.82, 2.24) is 20.0 Å². The number of rotatable bonds is 5. The predicted octanol–water partition coefficient (Wildman–Crippen LogP) is 2.04. The van der Waals surface area contributed by atoms with Gasteiger partial charge in [0, 0.05) is 50.8 Å². The first-order valence-electron chi connectivity index (χ1n) is 9.24. The summed E-state index contributed by atoms with van der Waals surface area (Å²) in [6.07, 6.45) is 2.27. The maximum absolute atomic E-state index is 12.6. The number of nitrogens with one attached hydrogen (secondary N) is 1. The van der Waals surface area contributed by atoms with Crippen molar-refractivity contribution in [2.24, 2.45) is 0 Å². The Morgan fingerprint density at radius 3 is 2.69 bits per heavy atom. The van der Waals surface area contributed by atoms with Crippen molar-refractivity contribution in [2.45, 2.75) is 32.6 Å². The molecule has 2 aromatic heterocycles. The van der Waals surface area contributed by atoms with E-state index in [1.807, 2.05) is 30.9 Å². The molecule has 3 heterocycles. The molecule has 0 radical (unpaired) electrons. The molecule has 8 heteroatoms. The normalized spacial score (nSPS) is 17.5. The van der Waals surface area contributed by atoms with Gasteiger partial charge >= 0.3 is 0 Å². The van der Waals surface area contributed by atoms with E-state index in [4.69, 9.17) is 4.52 Å². The van der Waals surface area contributed by atoms with Crippen molar-refractivity contribution in [1.29, 1.82) is 0 Å². The molecular weight excluding hydrogens is 332 g/mol. The third kappa shape index (κ3) is 3.49.